The number of benzene rings is 2. The van der Waals surface area contributed by atoms with Crippen LogP contribution in [0.15, 0.2) is 60.8 Å². The van der Waals surface area contributed by atoms with Crippen molar-refractivity contribution in [2.24, 2.45) is 0 Å². The summed E-state index contributed by atoms with van der Waals surface area (Å²) in [7, 11) is 0. The van der Waals surface area contributed by atoms with Crippen LogP contribution < -0.4 is 10.1 Å². The van der Waals surface area contributed by atoms with E-state index in [-0.39, 0.29) is 30.1 Å². The molecule has 3 rings (SSSR count). The summed E-state index contributed by atoms with van der Waals surface area (Å²) in [5.74, 6) is -0.267. The SMILES string of the molecule is CCC(NC(=O)c1ccn(COc2cccc(C(F)(F)F)c2)n1)c1ccc(C)cc1. The van der Waals surface area contributed by atoms with Crippen molar-refractivity contribution in [3.05, 3.63) is 83.2 Å². The summed E-state index contributed by atoms with van der Waals surface area (Å²) < 4.78 is 45.1. The molecule has 0 aliphatic rings. The summed E-state index contributed by atoms with van der Waals surface area (Å²) in [4.78, 5) is 12.5. The summed E-state index contributed by atoms with van der Waals surface area (Å²) >= 11 is 0. The Labute approximate surface area is 172 Å². The Balaban J connectivity index is 1.61. The minimum absolute atomic E-state index is 0.0664. The molecular formula is C22H22F3N3O2. The van der Waals surface area contributed by atoms with Gasteiger partial charge in [-0.2, -0.15) is 18.3 Å². The Hall–Kier alpha value is -3.29. The Kier molecular flexibility index (Phi) is 6.44. The molecule has 1 amide bonds. The zero-order chi connectivity index (χ0) is 21.7. The van der Waals surface area contributed by atoms with Crippen LogP contribution >= 0.6 is 0 Å². The van der Waals surface area contributed by atoms with Crippen LogP contribution in [0, 0.1) is 6.92 Å². The summed E-state index contributed by atoms with van der Waals surface area (Å²) in [6.07, 6.45) is -2.19. The van der Waals surface area contributed by atoms with Crippen LogP contribution in [0.3, 0.4) is 0 Å². The Morgan fingerprint density at radius 3 is 2.57 bits per heavy atom. The molecule has 1 aromatic heterocycles. The highest BCUT2D eigenvalue weighted by Gasteiger charge is 2.30. The lowest BCUT2D eigenvalue weighted by Crippen LogP contribution is -2.28. The number of nitrogens with one attached hydrogen (secondary N) is 1. The maximum atomic E-state index is 12.8. The molecule has 0 fully saturated rings. The second-order valence-electron chi connectivity index (χ2n) is 6.88. The van der Waals surface area contributed by atoms with Gasteiger partial charge in [0.15, 0.2) is 6.73 Å². The summed E-state index contributed by atoms with van der Waals surface area (Å²) in [6, 6.07) is 13.9. The first kappa shape index (κ1) is 21.4. The van der Waals surface area contributed by atoms with Gasteiger partial charge in [-0.1, -0.05) is 42.8 Å². The van der Waals surface area contributed by atoms with E-state index in [0.29, 0.717) is 6.42 Å². The molecule has 0 aliphatic heterocycles. The molecule has 0 radical (unpaired) electrons. The van der Waals surface area contributed by atoms with Gasteiger partial charge in [0.05, 0.1) is 11.6 Å². The van der Waals surface area contributed by atoms with E-state index in [1.165, 1.54) is 29.1 Å². The minimum Gasteiger partial charge on any atom is -0.471 e. The van der Waals surface area contributed by atoms with Gasteiger partial charge in [0, 0.05) is 6.20 Å². The lowest BCUT2D eigenvalue weighted by molar-refractivity contribution is -0.137. The molecule has 0 spiro atoms. The predicted molar refractivity (Wildman–Crippen MR) is 106 cm³/mol. The summed E-state index contributed by atoms with van der Waals surface area (Å²) in [5, 5.41) is 7.10. The van der Waals surface area contributed by atoms with E-state index in [0.717, 1.165) is 23.3 Å². The standard InChI is InChI=1S/C22H22F3N3O2/c1-3-19(16-9-7-15(2)8-10-16)26-21(29)20-11-12-28(27-20)14-30-18-6-4-5-17(13-18)22(23,24)25/h4-13,19H,3,14H2,1-2H3,(H,26,29). The molecule has 158 valence electrons. The van der Waals surface area contributed by atoms with E-state index < -0.39 is 11.7 Å². The van der Waals surface area contributed by atoms with Crippen molar-refractivity contribution in [2.45, 2.75) is 39.2 Å². The second-order valence-corrected chi connectivity index (χ2v) is 6.88. The summed E-state index contributed by atoms with van der Waals surface area (Å²) in [5.41, 5.74) is 1.55. The number of aromatic nitrogens is 2. The van der Waals surface area contributed by atoms with Crippen LogP contribution in [0.1, 0.15) is 46.6 Å². The average molecular weight is 417 g/mol. The molecule has 3 aromatic rings. The van der Waals surface area contributed by atoms with Crippen LogP contribution in [-0.4, -0.2) is 15.7 Å². The molecule has 5 nitrogen and oxygen atoms in total. The first-order chi connectivity index (χ1) is 14.3. The van der Waals surface area contributed by atoms with Gasteiger partial charge >= 0.3 is 6.18 Å². The highest BCUT2D eigenvalue weighted by Crippen LogP contribution is 2.31. The Bertz CT molecular complexity index is 997. The first-order valence-corrected chi connectivity index (χ1v) is 9.47. The number of amides is 1. The Morgan fingerprint density at radius 1 is 1.17 bits per heavy atom. The number of carbonyl (C=O) groups excluding carboxylic acids is 1. The average Bonchev–Trinajstić information content (AvgIpc) is 3.20. The third-order valence-corrected chi connectivity index (χ3v) is 4.59. The molecule has 1 heterocycles. The van der Waals surface area contributed by atoms with E-state index in [9.17, 15) is 18.0 Å². The fourth-order valence-electron chi connectivity index (χ4n) is 2.91. The van der Waals surface area contributed by atoms with E-state index in [1.54, 1.807) is 0 Å². The third-order valence-electron chi connectivity index (χ3n) is 4.59. The van der Waals surface area contributed by atoms with Crippen molar-refractivity contribution < 1.29 is 22.7 Å². The monoisotopic (exact) mass is 417 g/mol. The molecule has 30 heavy (non-hydrogen) atoms. The highest BCUT2D eigenvalue weighted by molar-refractivity contribution is 5.92. The van der Waals surface area contributed by atoms with Gasteiger partial charge in [0.1, 0.15) is 11.4 Å². The minimum atomic E-state index is -4.44. The molecule has 0 saturated carbocycles. The van der Waals surface area contributed by atoms with Crippen LogP contribution in [0.5, 0.6) is 5.75 Å². The lowest BCUT2D eigenvalue weighted by Gasteiger charge is -2.17. The number of rotatable bonds is 7. The zero-order valence-electron chi connectivity index (χ0n) is 16.6. The van der Waals surface area contributed by atoms with Gasteiger partial charge in [0.25, 0.3) is 5.91 Å². The van der Waals surface area contributed by atoms with Gasteiger partial charge in [-0.15, -0.1) is 0 Å². The van der Waals surface area contributed by atoms with E-state index in [4.69, 9.17) is 4.74 Å². The van der Waals surface area contributed by atoms with E-state index in [1.807, 2.05) is 38.1 Å². The van der Waals surface area contributed by atoms with Crippen molar-refractivity contribution in [3.8, 4) is 5.75 Å². The third kappa shape index (κ3) is 5.40. The summed E-state index contributed by atoms with van der Waals surface area (Å²) in [6.45, 7) is 3.85. The largest absolute Gasteiger partial charge is 0.471 e. The van der Waals surface area contributed by atoms with Gasteiger partial charge in [-0.25, -0.2) is 4.68 Å². The second kappa shape index (κ2) is 9.02. The number of ether oxygens (including phenoxy) is 1. The van der Waals surface area contributed by atoms with Crippen LogP contribution in [0.25, 0.3) is 0 Å². The van der Waals surface area contributed by atoms with E-state index in [2.05, 4.69) is 10.4 Å². The van der Waals surface area contributed by atoms with Crippen molar-refractivity contribution in [1.82, 2.24) is 15.1 Å². The van der Waals surface area contributed by atoms with Gasteiger partial charge in [-0.3, -0.25) is 4.79 Å². The fraction of sp³-hybridized carbons (Fsp3) is 0.273. The smallest absolute Gasteiger partial charge is 0.416 e. The number of carbonyl (C=O) groups is 1. The highest BCUT2D eigenvalue weighted by atomic mass is 19.4. The first-order valence-electron chi connectivity index (χ1n) is 9.47. The molecule has 1 atom stereocenters. The lowest BCUT2D eigenvalue weighted by atomic mass is 10.0. The van der Waals surface area contributed by atoms with Crippen molar-refractivity contribution in [3.63, 3.8) is 0 Å². The normalized spacial score (nSPS) is 12.4. The van der Waals surface area contributed by atoms with Gasteiger partial charge in [-0.05, 0) is 43.2 Å². The van der Waals surface area contributed by atoms with Crippen molar-refractivity contribution >= 4 is 5.91 Å². The molecule has 2 aromatic carbocycles. The number of hydrogen-bond donors (Lipinski definition) is 1. The number of hydrogen-bond acceptors (Lipinski definition) is 3. The van der Waals surface area contributed by atoms with Crippen LogP contribution in [0.2, 0.25) is 0 Å². The van der Waals surface area contributed by atoms with Crippen molar-refractivity contribution in [1.29, 1.82) is 0 Å². The molecule has 8 heteroatoms. The molecule has 0 saturated heterocycles. The van der Waals surface area contributed by atoms with E-state index >= 15 is 0 Å². The van der Waals surface area contributed by atoms with Crippen LogP contribution in [0.4, 0.5) is 13.2 Å². The van der Waals surface area contributed by atoms with Crippen molar-refractivity contribution in [2.75, 3.05) is 0 Å². The zero-order valence-corrected chi connectivity index (χ0v) is 16.6. The Morgan fingerprint density at radius 2 is 1.90 bits per heavy atom. The molecule has 1 N–H and O–H groups in total. The quantitative estimate of drug-likeness (QED) is 0.580. The number of aryl methyl sites for hydroxylation is 1. The number of nitrogens with zero attached hydrogens (tertiary/aromatic N) is 2. The van der Waals surface area contributed by atoms with Crippen LogP contribution in [-0.2, 0) is 12.9 Å². The molecule has 1 unspecified atom stereocenters. The number of alkyl halides is 3. The predicted octanol–water partition coefficient (Wildman–Crippen LogP) is 5.13. The fourth-order valence-corrected chi connectivity index (χ4v) is 2.91. The number of halogens is 3. The maximum Gasteiger partial charge on any atom is 0.416 e. The molecule has 0 bridgehead atoms. The maximum absolute atomic E-state index is 12.8. The van der Waals surface area contributed by atoms with Gasteiger partial charge in [0.2, 0.25) is 0 Å². The van der Waals surface area contributed by atoms with Gasteiger partial charge < -0.3 is 10.1 Å². The molecule has 0 aliphatic carbocycles. The molecular weight excluding hydrogens is 395 g/mol. The topological polar surface area (TPSA) is 56.2 Å².